The van der Waals surface area contributed by atoms with Crippen LogP contribution in [0.3, 0.4) is 0 Å². The first-order valence-corrected chi connectivity index (χ1v) is 10.6. The van der Waals surface area contributed by atoms with Crippen LogP contribution < -0.4 is 4.80 Å². The third-order valence-corrected chi connectivity index (χ3v) is 5.97. The summed E-state index contributed by atoms with van der Waals surface area (Å²) in [6.07, 6.45) is 10.2. The lowest BCUT2D eigenvalue weighted by atomic mass is 9.96. The summed E-state index contributed by atoms with van der Waals surface area (Å²) < 4.78 is 16.2. The van der Waals surface area contributed by atoms with E-state index in [2.05, 4.69) is 13.8 Å². The molecule has 2 aromatic rings. The largest absolute Gasteiger partial charge is 0.254 e. The molecule has 1 aliphatic rings. The Balaban J connectivity index is 2.04. The van der Waals surface area contributed by atoms with Crippen LogP contribution in [0.4, 0.5) is 4.39 Å². The van der Waals surface area contributed by atoms with Gasteiger partial charge in [-0.1, -0.05) is 45.2 Å². The first-order chi connectivity index (χ1) is 12.7. The summed E-state index contributed by atoms with van der Waals surface area (Å²) in [7, 11) is 0. The summed E-state index contributed by atoms with van der Waals surface area (Å²) >= 11 is 1.56. The average molecular weight is 374 g/mol. The van der Waals surface area contributed by atoms with Gasteiger partial charge in [0.05, 0.1) is 11.7 Å². The van der Waals surface area contributed by atoms with Crippen molar-refractivity contribution in [2.45, 2.75) is 64.8 Å². The average Bonchev–Trinajstić information content (AvgIpc) is 3.06. The highest BCUT2D eigenvalue weighted by Crippen LogP contribution is 2.24. The highest BCUT2D eigenvalue weighted by atomic mass is 32.1. The number of halogens is 1. The molecule has 26 heavy (non-hydrogen) atoms. The van der Waals surface area contributed by atoms with Gasteiger partial charge in [-0.15, -0.1) is 11.3 Å². The van der Waals surface area contributed by atoms with Crippen molar-refractivity contribution < 1.29 is 4.39 Å². The SMILES string of the molecule is CCC(/C=N/n1c(-c2ccccc2F)csc1=NC1CCCCC1)CC. The Kier molecular flexibility index (Phi) is 6.78. The standard InChI is InChI=1S/C21H28FN3S/c1-3-16(4-2)14-23-25-20(18-12-8-9-13-19(18)22)15-26-21(25)24-17-10-6-5-7-11-17/h8-9,12-17H,3-7,10-11H2,1-2H3/b23-14+,24-21?. The molecule has 0 saturated heterocycles. The third kappa shape index (κ3) is 4.50. The van der Waals surface area contributed by atoms with Gasteiger partial charge in [0.2, 0.25) is 4.80 Å². The maximum atomic E-state index is 14.4. The molecule has 3 rings (SSSR count). The molecular weight excluding hydrogens is 345 g/mol. The zero-order valence-electron chi connectivity index (χ0n) is 15.7. The molecule has 0 radical (unpaired) electrons. The molecule has 140 valence electrons. The van der Waals surface area contributed by atoms with E-state index in [0.717, 1.165) is 36.2 Å². The van der Waals surface area contributed by atoms with Crippen molar-refractivity contribution in [2.24, 2.45) is 16.0 Å². The van der Waals surface area contributed by atoms with Crippen LogP contribution in [0, 0.1) is 11.7 Å². The lowest BCUT2D eigenvalue weighted by Crippen LogP contribution is -2.19. The quantitative estimate of drug-likeness (QED) is 0.568. The number of hydrogen-bond donors (Lipinski definition) is 0. The van der Waals surface area contributed by atoms with Gasteiger partial charge in [-0.2, -0.15) is 5.10 Å². The first-order valence-electron chi connectivity index (χ1n) is 9.76. The van der Waals surface area contributed by atoms with Gasteiger partial charge in [0.1, 0.15) is 5.82 Å². The summed E-state index contributed by atoms with van der Waals surface area (Å²) in [5.74, 6) is 0.208. The van der Waals surface area contributed by atoms with Crippen LogP contribution in [-0.4, -0.2) is 16.9 Å². The number of aromatic nitrogens is 1. The van der Waals surface area contributed by atoms with Crippen molar-refractivity contribution in [3.05, 3.63) is 40.3 Å². The minimum atomic E-state index is -0.221. The zero-order chi connectivity index (χ0) is 18.4. The van der Waals surface area contributed by atoms with E-state index in [-0.39, 0.29) is 5.82 Å². The first kappa shape index (κ1) is 19.0. The molecule has 0 spiro atoms. The molecule has 0 atom stereocenters. The molecular formula is C21H28FN3S. The Labute approximate surface area is 159 Å². The molecule has 0 bridgehead atoms. The summed E-state index contributed by atoms with van der Waals surface area (Å²) in [6, 6.07) is 7.26. The fraction of sp³-hybridized carbons (Fsp3) is 0.524. The van der Waals surface area contributed by atoms with Gasteiger partial charge in [-0.3, -0.25) is 4.99 Å². The second-order valence-corrected chi connectivity index (χ2v) is 7.79. The van der Waals surface area contributed by atoms with Gasteiger partial charge in [0, 0.05) is 17.2 Å². The molecule has 1 fully saturated rings. The van der Waals surface area contributed by atoms with Crippen molar-refractivity contribution in [3.8, 4) is 11.3 Å². The Morgan fingerprint density at radius 2 is 1.92 bits per heavy atom. The predicted octanol–water partition coefficient (Wildman–Crippen LogP) is 5.86. The molecule has 0 unspecified atom stereocenters. The lowest BCUT2D eigenvalue weighted by molar-refractivity contribution is 0.435. The second-order valence-electron chi connectivity index (χ2n) is 6.96. The highest BCUT2D eigenvalue weighted by Gasteiger charge is 2.15. The summed E-state index contributed by atoms with van der Waals surface area (Å²) in [5.41, 5.74) is 1.36. The number of thiazole rings is 1. The molecule has 1 saturated carbocycles. The van der Waals surface area contributed by atoms with Crippen LogP contribution in [0.2, 0.25) is 0 Å². The second kappa shape index (κ2) is 9.26. The minimum Gasteiger partial charge on any atom is -0.254 e. The summed E-state index contributed by atoms with van der Waals surface area (Å²) in [4.78, 5) is 5.84. The van der Waals surface area contributed by atoms with E-state index >= 15 is 0 Å². The van der Waals surface area contributed by atoms with Crippen LogP contribution in [0.1, 0.15) is 58.8 Å². The van der Waals surface area contributed by atoms with Gasteiger partial charge >= 0.3 is 0 Å². The van der Waals surface area contributed by atoms with Crippen molar-refractivity contribution in [3.63, 3.8) is 0 Å². The predicted molar refractivity (Wildman–Crippen MR) is 108 cm³/mol. The van der Waals surface area contributed by atoms with E-state index < -0.39 is 0 Å². The molecule has 0 amide bonds. The Bertz CT molecular complexity index is 796. The van der Waals surface area contributed by atoms with E-state index in [0.29, 0.717) is 17.5 Å². The molecule has 1 aromatic heterocycles. The van der Waals surface area contributed by atoms with Crippen molar-refractivity contribution in [1.82, 2.24) is 4.68 Å². The van der Waals surface area contributed by atoms with Gasteiger partial charge in [0.15, 0.2) is 0 Å². The van der Waals surface area contributed by atoms with E-state index in [1.807, 2.05) is 28.4 Å². The third-order valence-electron chi connectivity index (χ3n) is 5.14. The van der Waals surface area contributed by atoms with E-state index in [1.165, 1.54) is 25.3 Å². The molecule has 5 heteroatoms. The van der Waals surface area contributed by atoms with E-state index in [9.17, 15) is 4.39 Å². The van der Waals surface area contributed by atoms with Crippen molar-refractivity contribution >= 4 is 17.6 Å². The minimum absolute atomic E-state index is 0.221. The highest BCUT2D eigenvalue weighted by molar-refractivity contribution is 7.07. The smallest absolute Gasteiger partial charge is 0.206 e. The monoisotopic (exact) mass is 373 g/mol. The van der Waals surface area contributed by atoms with Gasteiger partial charge in [-0.25, -0.2) is 9.07 Å². The molecule has 0 N–H and O–H groups in total. The van der Waals surface area contributed by atoms with Crippen molar-refractivity contribution in [2.75, 3.05) is 0 Å². The maximum Gasteiger partial charge on any atom is 0.206 e. The molecule has 3 nitrogen and oxygen atoms in total. The Morgan fingerprint density at radius 1 is 1.19 bits per heavy atom. The Morgan fingerprint density at radius 3 is 2.62 bits per heavy atom. The van der Waals surface area contributed by atoms with Crippen LogP contribution >= 0.6 is 11.3 Å². The number of nitrogens with zero attached hydrogens (tertiary/aromatic N) is 3. The zero-order valence-corrected chi connectivity index (χ0v) is 16.5. The number of benzene rings is 1. The van der Waals surface area contributed by atoms with E-state index in [1.54, 1.807) is 17.4 Å². The fourth-order valence-electron chi connectivity index (χ4n) is 3.38. The van der Waals surface area contributed by atoms with E-state index in [4.69, 9.17) is 10.1 Å². The lowest BCUT2D eigenvalue weighted by Gasteiger charge is -2.17. The van der Waals surface area contributed by atoms with Crippen LogP contribution in [0.25, 0.3) is 11.3 Å². The molecule has 1 heterocycles. The topological polar surface area (TPSA) is 29.6 Å². The van der Waals surface area contributed by atoms with Crippen LogP contribution in [-0.2, 0) is 0 Å². The number of hydrogen-bond acceptors (Lipinski definition) is 3. The number of rotatable bonds is 6. The van der Waals surface area contributed by atoms with Crippen molar-refractivity contribution in [1.29, 1.82) is 0 Å². The normalized spacial score (nSPS) is 16.8. The van der Waals surface area contributed by atoms with Crippen LogP contribution in [0.5, 0.6) is 0 Å². The molecule has 0 aliphatic heterocycles. The van der Waals surface area contributed by atoms with Crippen LogP contribution in [0.15, 0.2) is 39.7 Å². The van der Waals surface area contributed by atoms with Gasteiger partial charge in [0.25, 0.3) is 0 Å². The maximum absolute atomic E-state index is 14.4. The summed E-state index contributed by atoms with van der Waals surface area (Å²) in [5, 5.41) is 6.71. The summed E-state index contributed by atoms with van der Waals surface area (Å²) in [6.45, 7) is 4.34. The van der Waals surface area contributed by atoms with Gasteiger partial charge in [-0.05, 0) is 43.7 Å². The fourth-order valence-corrected chi connectivity index (χ4v) is 4.28. The molecule has 1 aromatic carbocycles. The molecule has 1 aliphatic carbocycles. The van der Waals surface area contributed by atoms with Gasteiger partial charge < -0.3 is 0 Å². The Hall–Kier alpha value is -1.75.